The van der Waals surface area contributed by atoms with Crippen molar-refractivity contribution in [3.8, 4) is 5.88 Å². The van der Waals surface area contributed by atoms with Gasteiger partial charge in [0.15, 0.2) is 5.82 Å². The van der Waals surface area contributed by atoms with Crippen molar-refractivity contribution in [2.24, 2.45) is 5.14 Å². The molecule has 0 amide bonds. The molecule has 0 fully saturated rings. The molecule has 1 aromatic rings. The average molecular weight is 302 g/mol. The highest BCUT2D eigenvalue weighted by Gasteiger charge is 2.35. The second-order valence-corrected chi connectivity index (χ2v) is 4.54. The van der Waals surface area contributed by atoms with Gasteiger partial charge in [-0.1, -0.05) is 0 Å². The third kappa shape index (κ3) is 3.65. The van der Waals surface area contributed by atoms with E-state index in [1.807, 2.05) is 0 Å². The number of pyridine rings is 1. The van der Waals surface area contributed by atoms with Gasteiger partial charge in [-0.2, -0.15) is 4.98 Å². The molecule has 0 aliphatic carbocycles. The van der Waals surface area contributed by atoms with Gasteiger partial charge in [0.1, 0.15) is 0 Å². The lowest BCUT2D eigenvalue weighted by Gasteiger charge is -2.10. The molecule has 0 atom stereocenters. The normalized spacial score (nSPS) is 12.2. The summed E-state index contributed by atoms with van der Waals surface area (Å²) in [5, 5.41) is 15.3. The molecule has 0 saturated heterocycles. The van der Waals surface area contributed by atoms with Gasteiger partial charge in [0.25, 0.3) is 5.69 Å². The summed E-state index contributed by atoms with van der Waals surface area (Å²) in [5.74, 6) is -2.35. The van der Waals surface area contributed by atoms with E-state index in [9.17, 15) is 31.7 Å². The van der Waals surface area contributed by atoms with Gasteiger partial charge in [-0.15, -0.1) is 13.2 Å². The summed E-state index contributed by atoms with van der Waals surface area (Å²) in [6.07, 6.45) is -5.17. The number of nitro groups is 1. The largest absolute Gasteiger partial charge is 0.574 e. The number of anilines is 1. The van der Waals surface area contributed by atoms with Crippen LogP contribution in [0.5, 0.6) is 5.88 Å². The van der Waals surface area contributed by atoms with Crippen molar-refractivity contribution in [1.82, 2.24) is 4.98 Å². The number of sulfonamides is 1. The van der Waals surface area contributed by atoms with E-state index in [0.717, 1.165) is 0 Å². The Bertz CT molecular complexity index is 628. The summed E-state index contributed by atoms with van der Waals surface area (Å²) >= 11 is 0. The van der Waals surface area contributed by atoms with Crippen LogP contribution in [0.15, 0.2) is 11.0 Å². The van der Waals surface area contributed by atoms with E-state index in [0.29, 0.717) is 0 Å². The number of primary sulfonamides is 1. The minimum atomic E-state index is -5.17. The number of rotatable bonds is 3. The van der Waals surface area contributed by atoms with Gasteiger partial charge >= 0.3 is 6.36 Å². The van der Waals surface area contributed by atoms with E-state index < -0.39 is 43.6 Å². The lowest BCUT2D eigenvalue weighted by atomic mass is 10.4. The molecule has 0 aliphatic heterocycles. The predicted molar refractivity (Wildman–Crippen MR) is 53.4 cm³/mol. The summed E-state index contributed by atoms with van der Waals surface area (Å²) in [6, 6.07) is 0.156. The SMILES string of the molecule is Nc1nc(OC(F)(F)F)cc([N+](=O)[O-])c1S(N)(=O)=O. The zero-order valence-electron chi connectivity index (χ0n) is 8.71. The number of ether oxygens (including phenoxy) is 1. The lowest BCUT2D eigenvalue weighted by Crippen LogP contribution is -2.21. The highest BCUT2D eigenvalue weighted by molar-refractivity contribution is 7.89. The number of hydrogen-bond donors (Lipinski definition) is 2. The van der Waals surface area contributed by atoms with E-state index in [1.165, 1.54) is 0 Å². The van der Waals surface area contributed by atoms with Crippen LogP contribution in [0.4, 0.5) is 24.7 Å². The first-order chi connectivity index (χ1) is 8.42. The van der Waals surface area contributed by atoms with Gasteiger partial charge < -0.3 is 10.5 Å². The summed E-state index contributed by atoms with van der Waals surface area (Å²) in [5.41, 5.74) is 3.77. The van der Waals surface area contributed by atoms with Crippen molar-refractivity contribution in [3.63, 3.8) is 0 Å². The quantitative estimate of drug-likeness (QED) is 0.594. The van der Waals surface area contributed by atoms with E-state index in [1.54, 1.807) is 0 Å². The maximum absolute atomic E-state index is 11.9. The molecule has 0 radical (unpaired) electrons. The van der Waals surface area contributed by atoms with Crippen molar-refractivity contribution >= 4 is 21.5 Å². The lowest BCUT2D eigenvalue weighted by molar-refractivity contribution is -0.388. The molecule has 0 spiro atoms. The monoisotopic (exact) mass is 302 g/mol. The van der Waals surface area contributed by atoms with Crippen LogP contribution in [0.25, 0.3) is 0 Å². The van der Waals surface area contributed by atoms with Gasteiger partial charge in [-0.3, -0.25) is 10.1 Å². The van der Waals surface area contributed by atoms with Crippen LogP contribution in [0.2, 0.25) is 0 Å². The summed E-state index contributed by atoms with van der Waals surface area (Å²) in [6.45, 7) is 0. The molecule has 1 aromatic heterocycles. The molecule has 19 heavy (non-hydrogen) atoms. The van der Waals surface area contributed by atoms with E-state index in [4.69, 9.17) is 5.73 Å². The Labute approximate surface area is 103 Å². The van der Waals surface area contributed by atoms with Gasteiger partial charge in [0.05, 0.1) is 11.0 Å². The number of nitrogen functional groups attached to an aromatic ring is 1. The van der Waals surface area contributed by atoms with Crippen molar-refractivity contribution in [2.75, 3.05) is 5.73 Å². The van der Waals surface area contributed by atoms with Gasteiger partial charge in [-0.05, 0) is 0 Å². The van der Waals surface area contributed by atoms with Crippen molar-refractivity contribution in [2.45, 2.75) is 11.3 Å². The first-order valence-corrected chi connectivity index (χ1v) is 5.70. The topological polar surface area (TPSA) is 151 Å². The van der Waals surface area contributed by atoms with Crippen LogP contribution >= 0.6 is 0 Å². The maximum atomic E-state index is 11.9. The highest BCUT2D eigenvalue weighted by atomic mass is 32.2. The minimum Gasteiger partial charge on any atom is -0.388 e. The third-order valence-corrected chi connectivity index (χ3v) is 2.64. The Morgan fingerprint density at radius 1 is 1.42 bits per heavy atom. The molecular weight excluding hydrogens is 297 g/mol. The Morgan fingerprint density at radius 2 is 1.95 bits per heavy atom. The molecule has 0 bridgehead atoms. The zero-order chi connectivity index (χ0) is 15.0. The molecule has 0 aromatic carbocycles. The van der Waals surface area contributed by atoms with Crippen LogP contribution < -0.4 is 15.6 Å². The number of aromatic nitrogens is 1. The predicted octanol–water partition coefficient (Wildman–Crippen LogP) is 0.118. The number of nitrogens with zero attached hydrogens (tertiary/aromatic N) is 2. The van der Waals surface area contributed by atoms with Crippen LogP contribution in [0, 0.1) is 10.1 Å². The smallest absolute Gasteiger partial charge is 0.388 e. The van der Waals surface area contributed by atoms with Crippen LogP contribution in [-0.2, 0) is 10.0 Å². The van der Waals surface area contributed by atoms with Gasteiger partial charge in [-0.25, -0.2) is 13.6 Å². The standard InChI is InChI=1S/C6H5F3N4O5S/c7-6(8,9)18-3-1-2(13(14)15)4(5(10)12-3)19(11,16)17/h1H,(H2,10,12)(H2,11,16,17). The molecular formula is C6H5F3N4O5S. The Balaban J connectivity index is 3.52. The summed E-state index contributed by atoms with van der Waals surface area (Å²) in [4.78, 5) is 11.1. The minimum absolute atomic E-state index is 0.156. The second-order valence-electron chi connectivity index (χ2n) is 3.04. The fourth-order valence-electron chi connectivity index (χ4n) is 1.11. The third-order valence-electron chi connectivity index (χ3n) is 1.66. The molecule has 9 nitrogen and oxygen atoms in total. The van der Waals surface area contributed by atoms with Gasteiger partial charge in [0, 0.05) is 0 Å². The van der Waals surface area contributed by atoms with E-state index in [2.05, 4.69) is 14.9 Å². The Morgan fingerprint density at radius 3 is 2.32 bits per heavy atom. The molecule has 1 heterocycles. The highest BCUT2D eigenvalue weighted by Crippen LogP contribution is 2.32. The molecule has 1 rings (SSSR count). The molecule has 13 heteroatoms. The first-order valence-electron chi connectivity index (χ1n) is 4.15. The molecule has 0 aliphatic rings. The number of halogens is 3. The van der Waals surface area contributed by atoms with Crippen molar-refractivity contribution < 1.29 is 31.2 Å². The second kappa shape index (κ2) is 4.51. The molecule has 4 N–H and O–H groups in total. The molecule has 0 saturated carbocycles. The van der Waals surface area contributed by atoms with E-state index in [-0.39, 0.29) is 6.07 Å². The van der Waals surface area contributed by atoms with Crippen LogP contribution in [-0.4, -0.2) is 24.7 Å². The summed E-state index contributed by atoms with van der Waals surface area (Å²) in [7, 11) is -4.64. The van der Waals surface area contributed by atoms with Crippen molar-refractivity contribution in [3.05, 3.63) is 16.2 Å². The number of alkyl halides is 3. The number of hydrogen-bond acceptors (Lipinski definition) is 7. The fraction of sp³-hybridized carbons (Fsp3) is 0.167. The van der Waals surface area contributed by atoms with E-state index >= 15 is 0 Å². The maximum Gasteiger partial charge on any atom is 0.574 e. The fourth-order valence-corrected chi connectivity index (χ4v) is 1.88. The molecule has 106 valence electrons. The first kappa shape index (κ1) is 14.9. The average Bonchev–Trinajstić information content (AvgIpc) is 2.10. The van der Waals surface area contributed by atoms with Crippen molar-refractivity contribution in [1.29, 1.82) is 0 Å². The van der Waals surface area contributed by atoms with Gasteiger partial charge in [0.2, 0.25) is 20.8 Å². The Hall–Kier alpha value is -2.15. The van der Waals surface area contributed by atoms with Crippen LogP contribution in [0.1, 0.15) is 0 Å². The zero-order valence-corrected chi connectivity index (χ0v) is 9.53. The number of nitrogens with two attached hydrogens (primary N) is 2. The molecule has 0 unspecified atom stereocenters. The summed E-state index contributed by atoms with van der Waals surface area (Å²) < 4.78 is 61.2. The van der Waals surface area contributed by atoms with Crippen LogP contribution in [0.3, 0.4) is 0 Å². The Kier molecular flexibility index (Phi) is 3.54.